The summed E-state index contributed by atoms with van der Waals surface area (Å²) in [5.41, 5.74) is 0. The molecule has 1 unspecified atom stereocenters. The average molecular weight is 287 g/mol. The van der Waals surface area contributed by atoms with Gasteiger partial charge in [-0.1, -0.05) is 18.5 Å². The van der Waals surface area contributed by atoms with E-state index < -0.39 is 0 Å². The molecule has 0 aromatic carbocycles. The lowest BCUT2D eigenvalue weighted by atomic mass is 10.3. The number of anilines is 2. The second kappa shape index (κ2) is 6.88. The fourth-order valence-corrected chi connectivity index (χ4v) is 2.13. The van der Waals surface area contributed by atoms with Gasteiger partial charge >= 0.3 is 0 Å². The van der Waals surface area contributed by atoms with E-state index in [1.54, 1.807) is 6.20 Å². The molecule has 0 radical (unpaired) electrons. The Hall–Kier alpha value is -1.11. The molecule has 2 N–H and O–H groups in total. The molecule has 0 amide bonds. The van der Waals surface area contributed by atoms with Gasteiger partial charge in [0.2, 0.25) is 5.95 Å². The van der Waals surface area contributed by atoms with Crippen LogP contribution in [0, 0.1) is 0 Å². The monoisotopic (exact) mass is 286 g/mol. The Bertz CT molecular complexity index is 419. The van der Waals surface area contributed by atoms with E-state index in [2.05, 4.69) is 22.2 Å². The highest BCUT2D eigenvalue weighted by molar-refractivity contribution is 6.32. The molecule has 7 heteroatoms. The summed E-state index contributed by atoms with van der Waals surface area (Å²) in [5.74, 6) is 1.27. The van der Waals surface area contributed by atoms with Gasteiger partial charge in [-0.15, -0.1) is 0 Å². The minimum Gasteiger partial charge on any atom is -0.394 e. The third kappa shape index (κ3) is 3.68. The molecular formula is C12H19ClN4O2. The summed E-state index contributed by atoms with van der Waals surface area (Å²) >= 11 is 6.16. The quantitative estimate of drug-likeness (QED) is 0.846. The number of morpholine rings is 1. The van der Waals surface area contributed by atoms with E-state index in [4.69, 9.17) is 21.4 Å². The first-order chi connectivity index (χ1) is 9.24. The SMILES string of the molecule is CCCNc1ncc(Cl)c(N2CCOC(CO)C2)n1. The molecule has 2 rings (SSSR count). The third-order valence-electron chi connectivity index (χ3n) is 2.90. The van der Waals surface area contributed by atoms with Gasteiger partial charge in [0.25, 0.3) is 0 Å². The van der Waals surface area contributed by atoms with Crippen LogP contribution in [-0.4, -0.2) is 54.0 Å². The second-order valence-electron chi connectivity index (χ2n) is 4.41. The van der Waals surface area contributed by atoms with Crippen molar-refractivity contribution in [1.29, 1.82) is 0 Å². The molecule has 19 heavy (non-hydrogen) atoms. The minimum atomic E-state index is -0.188. The number of aliphatic hydroxyl groups is 1. The zero-order valence-electron chi connectivity index (χ0n) is 11.0. The number of nitrogens with one attached hydrogen (secondary N) is 1. The van der Waals surface area contributed by atoms with Crippen molar-refractivity contribution >= 4 is 23.4 Å². The van der Waals surface area contributed by atoms with E-state index in [-0.39, 0.29) is 12.7 Å². The molecule has 1 aromatic rings. The molecule has 1 aliphatic heterocycles. The highest BCUT2D eigenvalue weighted by Gasteiger charge is 2.23. The molecular weight excluding hydrogens is 268 g/mol. The molecule has 106 valence electrons. The van der Waals surface area contributed by atoms with Crippen LogP contribution in [0.15, 0.2) is 6.20 Å². The molecule has 2 heterocycles. The topological polar surface area (TPSA) is 70.5 Å². The van der Waals surface area contributed by atoms with Gasteiger partial charge in [0.1, 0.15) is 5.02 Å². The van der Waals surface area contributed by atoms with Crippen molar-refractivity contribution in [3.05, 3.63) is 11.2 Å². The lowest BCUT2D eigenvalue weighted by Gasteiger charge is -2.33. The van der Waals surface area contributed by atoms with E-state index >= 15 is 0 Å². The number of halogens is 1. The Labute approximate surface area is 117 Å². The smallest absolute Gasteiger partial charge is 0.224 e. The van der Waals surface area contributed by atoms with Gasteiger partial charge in [-0.25, -0.2) is 4.98 Å². The molecule has 0 saturated carbocycles. The fourth-order valence-electron chi connectivity index (χ4n) is 1.92. The van der Waals surface area contributed by atoms with Crippen molar-refractivity contribution < 1.29 is 9.84 Å². The van der Waals surface area contributed by atoms with Crippen molar-refractivity contribution in [2.45, 2.75) is 19.4 Å². The first-order valence-electron chi connectivity index (χ1n) is 6.48. The maximum absolute atomic E-state index is 9.17. The zero-order chi connectivity index (χ0) is 13.7. The number of nitrogens with zero attached hydrogens (tertiary/aromatic N) is 3. The molecule has 6 nitrogen and oxygen atoms in total. The lowest BCUT2D eigenvalue weighted by molar-refractivity contribution is 0.00337. The van der Waals surface area contributed by atoms with Crippen LogP contribution in [0.3, 0.4) is 0 Å². The van der Waals surface area contributed by atoms with E-state index in [0.29, 0.717) is 36.5 Å². The van der Waals surface area contributed by atoms with Crippen LogP contribution < -0.4 is 10.2 Å². The van der Waals surface area contributed by atoms with Gasteiger partial charge in [-0.2, -0.15) is 4.98 Å². The average Bonchev–Trinajstić information content (AvgIpc) is 2.46. The van der Waals surface area contributed by atoms with Crippen molar-refractivity contribution in [2.24, 2.45) is 0 Å². The van der Waals surface area contributed by atoms with Crippen LogP contribution in [-0.2, 0) is 4.74 Å². The number of hydrogen-bond donors (Lipinski definition) is 2. The molecule has 1 saturated heterocycles. The van der Waals surface area contributed by atoms with Crippen LogP contribution in [0.1, 0.15) is 13.3 Å². The minimum absolute atomic E-state index is 0.000143. The molecule has 1 aromatic heterocycles. The zero-order valence-corrected chi connectivity index (χ0v) is 11.7. The molecule has 0 aliphatic carbocycles. The highest BCUT2D eigenvalue weighted by Crippen LogP contribution is 2.25. The molecule has 1 atom stereocenters. The number of ether oxygens (including phenoxy) is 1. The van der Waals surface area contributed by atoms with Crippen LogP contribution in [0.25, 0.3) is 0 Å². The Morgan fingerprint density at radius 3 is 3.21 bits per heavy atom. The summed E-state index contributed by atoms with van der Waals surface area (Å²) < 4.78 is 5.42. The number of rotatable bonds is 5. The molecule has 0 spiro atoms. The number of aliphatic hydroxyl groups excluding tert-OH is 1. The Morgan fingerprint density at radius 1 is 1.63 bits per heavy atom. The normalized spacial score (nSPS) is 19.5. The van der Waals surface area contributed by atoms with Gasteiger partial charge in [0.05, 0.1) is 25.5 Å². The summed E-state index contributed by atoms with van der Waals surface area (Å²) in [6, 6.07) is 0. The van der Waals surface area contributed by atoms with Crippen molar-refractivity contribution in [2.75, 3.05) is 43.1 Å². The fraction of sp³-hybridized carbons (Fsp3) is 0.667. The van der Waals surface area contributed by atoms with Gasteiger partial charge in [0.15, 0.2) is 5.82 Å². The second-order valence-corrected chi connectivity index (χ2v) is 4.82. The summed E-state index contributed by atoms with van der Waals surface area (Å²) in [4.78, 5) is 10.6. The van der Waals surface area contributed by atoms with Gasteiger partial charge in [-0.3, -0.25) is 0 Å². The van der Waals surface area contributed by atoms with E-state index in [0.717, 1.165) is 13.0 Å². The van der Waals surface area contributed by atoms with E-state index in [1.807, 2.05) is 4.90 Å². The summed E-state index contributed by atoms with van der Waals surface area (Å²) in [6.07, 6.45) is 2.42. The maximum Gasteiger partial charge on any atom is 0.224 e. The number of aromatic nitrogens is 2. The predicted octanol–water partition coefficient (Wildman–Crippen LogP) is 1.15. The van der Waals surface area contributed by atoms with Crippen LogP contribution >= 0.6 is 11.6 Å². The first kappa shape index (κ1) is 14.3. The van der Waals surface area contributed by atoms with Crippen LogP contribution in [0.5, 0.6) is 0 Å². The summed E-state index contributed by atoms with van der Waals surface area (Å²) in [5, 5.41) is 12.8. The third-order valence-corrected chi connectivity index (χ3v) is 3.17. The highest BCUT2D eigenvalue weighted by atomic mass is 35.5. The molecule has 1 aliphatic rings. The van der Waals surface area contributed by atoms with Crippen molar-refractivity contribution in [1.82, 2.24) is 9.97 Å². The van der Waals surface area contributed by atoms with Gasteiger partial charge < -0.3 is 20.1 Å². The maximum atomic E-state index is 9.17. The Balaban J connectivity index is 2.13. The number of hydrogen-bond acceptors (Lipinski definition) is 6. The molecule has 0 bridgehead atoms. The lowest BCUT2D eigenvalue weighted by Crippen LogP contribution is -2.44. The summed E-state index contributed by atoms with van der Waals surface area (Å²) in [7, 11) is 0. The Kier molecular flexibility index (Phi) is 5.18. The Morgan fingerprint density at radius 2 is 2.47 bits per heavy atom. The van der Waals surface area contributed by atoms with Gasteiger partial charge in [0, 0.05) is 19.6 Å². The van der Waals surface area contributed by atoms with E-state index in [9.17, 15) is 0 Å². The van der Waals surface area contributed by atoms with Gasteiger partial charge in [-0.05, 0) is 6.42 Å². The summed E-state index contributed by atoms with van der Waals surface area (Å²) in [6.45, 7) is 4.76. The van der Waals surface area contributed by atoms with Crippen molar-refractivity contribution in [3.8, 4) is 0 Å². The van der Waals surface area contributed by atoms with Crippen molar-refractivity contribution in [3.63, 3.8) is 0 Å². The molecule has 1 fully saturated rings. The van der Waals surface area contributed by atoms with Crippen LogP contribution in [0.4, 0.5) is 11.8 Å². The predicted molar refractivity (Wildman–Crippen MR) is 74.9 cm³/mol. The van der Waals surface area contributed by atoms with Crippen LogP contribution in [0.2, 0.25) is 5.02 Å². The first-order valence-corrected chi connectivity index (χ1v) is 6.86. The van der Waals surface area contributed by atoms with E-state index in [1.165, 1.54) is 0 Å². The standard InChI is InChI=1S/C12H19ClN4O2/c1-2-3-14-12-15-6-10(13)11(16-12)17-4-5-19-9(7-17)8-18/h6,9,18H,2-5,7-8H2,1H3,(H,14,15,16). The largest absolute Gasteiger partial charge is 0.394 e.